The van der Waals surface area contributed by atoms with Gasteiger partial charge in [-0.15, -0.1) is 0 Å². The third-order valence-corrected chi connectivity index (χ3v) is 5.31. The van der Waals surface area contributed by atoms with Gasteiger partial charge in [0.2, 0.25) is 0 Å². The van der Waals surface area contributed by atoms with Crippen molar-refractivity contribution in [1.29, 1.82) is 0 Å². The van der Waals surface area contributed by atoms with Crippen LogP contribution in [0.2, 0.25) is 0 Å². The SMILES string of the molecule is CCN(CC)CC(O)COc1cc(CN2CCN(CCO)CC2)ccc1OC. The Morgan fingerprint density at radius 2 is 1.75 bits per heavy atom. The first-order chi connectivity index (χ1) is 13.6. The van der Waals surface area contributed by atoms with E-state index in [1.54, 1.807) is 7.11 Å². The Bertz CT molecular complexity index is 561. The number of likely N-dealkylation sites (N-methyl/N-ethyl adjacent to an activating group) is 1. The Kier molecular flexibility index (Phi) is 10.0. The minimum atomic E-state index is -0.534. The van der Waals surface area contributed by atoms with Crippen LogP contribution in [0.15, 0.2) is 18.2 Å². The summed E-state index contributed by atoms with van der Waals surface area (Å²) in [7, 11) is 1.63. The monoisotopic (exact) mass is 395 g/mol. The molecule has 1 aliphatic heterocycles. The van der Waals surface area contributed by atoms with Crippen molar-refractivity contribution >= 4 is 0 Å². The van der Waals surface area contributed by atoms with Crippen LogP contribution < -0.4 is 9.47 Å². The minimum Gasteiger partial charge on any atom is -0.493 e. The minimum absolute atomic E-state index is 0.222. The van der Waals surface area contributed by atoms with E-state index >= 15 is 0 Å². The van der Waals surface area contributed by atoms with E-state index in [1.165, 1.54) is 5.56 Å². The van der Waals surface area contributed by atoms with Crippen molar-refractivity contribution in [2.24, 2.45) is 0 Å². The highest BCUT2D eigenvalue weighted by atomic mass is 16.5. The van der Waals surface area contributed by atoms with Crippen molar-refractivity contribution < 1.29 is 19.7 Å². The third-order valence-electron chi connectivity index (χ3n) is 5.31. The average molecular weight is 396 g/mol. The molecule has 28 heavy (non-hydrogen) atoms. The van der Waals surface area contributed by atoms with Crippen molar-refractivity contribution in [2.75, 3.05) is 72.7 Å². The molecule has 1 aromatic rings. The van der Waals surface area contributed by atoms with Crippen LogP contribution in [0.4, 0.5) is 0 Å². The van der Waals surface area contributed by atoms with E-state index in [-0.39, 0.29) is 13.2 Å². The first-order valence-electron chi connectivity index (χ1n) is 10.3. The van der Waals surface area contributed by atoms with Gasteiger partial charge in [-0.1, -0.05) is 19.9 Å². The van der Waals surface area contributed by atoms with Gasteiger partial charge in [0, 0.05) is 45.8 Å². The van der Waals surface area contributed by atoms with Gasteiger partial charge in [0.1, 0.15) is 12.7 Å². The van der Waals surface area contributed by atoms with Gasteiger partial charge >= 0.3 is 0 Å². The lowest BCUT2D eigenvalue weighted by atomic mass is 10.1. The number of nitrogens with zero attached hydrogens (tertiary/aromatic N) is 3. The second kappa shape index (κ2) is 12.2. The van der Waals surface area contributed by atoms with E-state index in [1.807, 2.05) is 12.1 Å². The highest BCUT2D eigenvalue weighted by molar-refractivity contribution is 5.43. The maximum atomic E-state index is 10.3. The molecule has 1 fully saturated rings. The highest BCUT2D eigenvalue weighted by Crippen LogP contribution is 2.29. The summed E-state index contributed by atoms with van der Waals surface area (Å²) in [5, 5.41) is 19.3. The van der Waals surface area contributed by atoms with Gasteiger partial charge in [-0.25, -0.2) is 0 Å². The lowest BCUT2D eigenvalue weighted by molar-refractivity contribution is 0.0704. The molecule has 1 heterocycles. The summed E-state index contributed by atoms with van der Waals surface area (Å²) >= 11 is 0. The van der Waals surface area contributed by atoms with Crippen LogP contribution in [-0.4, -0.2) is 104 Å². The molecule has 0 bridgehead atoms. The quantitative estimate of drug-likeness (QED) is 0.545. The van der Waals surface area contributed by atoms with Crippen molar-refractivity contribution in [3.63, 3.8) is 0 Å². The Morgan fingerprint density at radius 3 is 2.36 bits per heavy atom. The summed E-state index contributed by atoms with van der Waals surface area (Å²) in [5.41, 5.74) is 1.17. The second-order valence-electron chi connectivity index (χ2n) is 7.28. The molecule has 1 saturated heterocycles. The molecule has 2 N–H and O–H groups in total. The van der Waals surface area contributed by atoms with Crippen LogP contribution >= 0.6 is 0 Å². The van der Waals surface area contributed by atoms with Gasteiger partial charge in [0.05, 0.1) is 13.7 Å². The van der Waals surface area contributed by atoms with Gasteiger partial charge in [-0.3, -0.25) is 9.80 Å². The molecule has 0 aliphatic carbocycles. The number of rotatable bonds is 12. The molecule has 0 amide bonds. The van der Waals surface area contributed by atoms with Gasteiger partial charge in [-0.2, -0.15) is 0 Å². The van der Waals surface area contributed by atoms with Crippen LogP contribution in [0, 0.1) is 0 Å². The molecule has 1 atom stereocenters. The van der Waals surface area contributed by atoms with Gasteiger partial charge in [-0.05, 0) is 30.8 Å². The molecule has 0 spiro atoms. The Labute approximate surface area is 169 Å². The molecule has 7 heteroatoms. The third kappa shape index (κ3) is 7.22. The molecule has 2 rings (SSSR count). The molecule has 1 unspecified atom stereocenters. The van der Waals surface area contributed by atoms with Gasteiger partial charge in [0.15, 0.2) is 11.5 Å². The molecule has 0 aromatic heterocycles. The van der Waals surface area contributed by atoms with E-state index in [4.69, 9.17) is 14.6 Å². The normalized spacial score (nSPS) is 17.1. The molecule has 1 aromatic carbocycles. The van der Waals surface area contributed by atoms with Crippen molar-refractivity contribution in [2.45, 2.75) is 26.5 Å². The largest absolute Gasteiger partial charge is 0.493 e. The summed E-state index contributed by atoms with van der Waals surface area (Å²) in [4.78, 5) is 6.88. The Hall–Kier alpha value is -1.38. The standard InChI is InChI=1S/C21H37N3O4/c1-4-22(5-2)16-19(26)17-28-21-14-18(6-7-20(21)27-3)15-24-10-8-23(9-11-24)12-13-25/h6-7,14,19,25-26H,4-5,8-13,15-17H2,1-3H3. The number of β-amino-alcohol motifs (C(OH)–C–C–N with tert-alkyl or cyclic N) is 1. The van der Waals surface area contributed by atoms with E-state index < -0.39 is 6.10 Å². The maximum absolute atomic E-state index is 10.3. The molecule has 1 aliphatic rings. The molecule has 0 radical (unpaired) electrons. The molecule has 0 saturated carbocycles. The Balaban J connectivity index is 1.90. The molecular weight excluding hydrogens is 358 g/mol. The predicted molar refractivity (Wildman–Crippen MR) is 111 cm³/mol. The number of benzene rings is 1. The fourth-order valence-corrected chi connectivity index (χ4v) is 3.52. The zero-order chi connectivity index (χ0) is 20.4. The number of hydrogen-bond acceptors (Lipinski definition) is 7. The second-order valence-corrected chi connectivity index (χ2v) is 7.28. The number of methoxy groups -OCH3 is 1. The summed E-state index contributed by atoms with van der Waals surface area (Å²) in [5.74, 6) is 1.36. The number of aliphatic hydroxyl groups is 2. The molecule has 7 nitrogen and oxygen atoms in total. The summed E-state index contributed by atoms with van der Waals surface area (Å²) in [6.45, 7) is 12.6. The van der Waals surface area contributed by atoms with E-state index in [9.17, 15) is 5.11 Å². The van der Waals surface area contributed by atoms with E-state index in [0.717, 1.165) is 52.4 Å². The fourth-order valence-electron chi connectivity index (χ4n) is 3.52. The lowest BCUT2D eigenvalue weighted by Gasteiger charge is -2.34. The zero-order valence-corrected chi connectivity index (χ0v) is 17.6. The lowest BCUT2D eigenvalue weighted by Crippen LogP contribution is -2.46. The first-order valence-corrected chi connectivity index (χ1v) is 10.3. The number of piperazine rings is 1. The van der Waals surface area contributed by atoms with Gasteiger partial charge in [0.25, 0.3) is 0 Å². The van der Waals surface area contributed by atoms with E-state index in [2.05, 4.69) is 34.6 Å². The number of hydrogen-bond donors (Lipinski definition) is 2. The van der Waals surface area contributed by atoms with Crippen LogP contribution in [-0.2, 0) is 6.54 Å². The Morgan fingerprint density at radius 1 is 1.07 bits per heavy atom. The average Bonchev–Trinajstić information content (AvgIpc) is 2.72. The number of ether oxygens (including phenoxy) is 2. The topological polar surface area (TPSA) is 68.6 Å². The predicted octanol–water partition coefficient (Wildman–Crippen LogP) is 0.887. The van der Waals surface area contributed by atoms with Crippen molar-refractivity contribution in [3.05, 3.63) is 23.8 Å². The van der Waals surface area contributed by atoms with Crippen LogP contribution in [0.3, 0.4) is 0 Å². The van der Waals surface area contributed by atoms with Crippen LogP contribution in [0.5, 0.6) is 11.5 Å². The van der Waals surface area contributed by atoms with Crippen molar-refractivity contribution in [1.82, 2.24) is 14.7 Å². The summed E-state index contributed by atoms with van der Waals surface area (Å²) < 4.78 is 11.3. The summed E-state index contributed by atoms with van der Waals surface area (Å²) in [6.07, 6.45) is -0.534. The smallest absolute Gasteiger partial charge is 0.161 e. The first kappa shape index (κ1) is 22.9. The maximum Gasteiger partial charge on any atom is 0.161 e. The van der Waals surface area contributed by atoms with Crippen LogP contribution in [0.25, 0.3) is 0 Å². The molecule has 160 valence electrons. The fraction of sp³-hybridized carbons (Fsp3) is 0.714. The van der Waals surface area contributed by atoms with E-state index in [0.29, 0.717) is 18.0 Å². The number of aliphatic hydroxyl groups excluding tert-OH is 2. The van der Waals surface area contributed by atoms with Gasteiger partial charge < -0.3 is 24.6 Å². The summed E-state index contributed by atoms with van der Waals surface area (Å²) in [6, 6.07) is 6.02. The zero-order valence-electron chi connectivity index (χ0n) is 17.6. The van der Waals surface area contributed by atoms with Crippen molar-refractivity contribution in [3.8, 4) is 11.5 Å². The molecular formula is C21H37N3O4. The van der Waals surface area contributed by atoms with Crippen LogP contribution in [0.1, 0.15) is 19.4 Å². The highest BCUT2D eigenvalue weighted by Gasteiger charge is 2.17.